The van der Waals surface area contributed by atoms with Gasteiger partial charge in [-0.1, -0.05) is 89.7 Å². The molecule has 0 bridgehead atoms. The molecule has 0 N–H and O–H groups in total. The van der Waals surface area contributed by atoms with E-state index in [4.69, 9.17) is 9.98 Å². The zero-order valence-electron chi connectivity index (χ0n) is 20.5. The molecule has 0 aromatic heterocycles. The molecule has 166 valence electrons. The van der Waals surface area contributed by atoms with E-state index >= 15 is 0 Å². The first kappa shape index (κ1) is 22.9. The standard InChI is InChI=1S/C29H35N2P/c1-18(2)32(19(3)4)15-14-30-28-24-12-8-10-23-11-9-13-25(26(23)24)29(28)31-27-21(6)16-20(5)17-22(27)7/h8-13,16-19H,14-15H2,1-7H3. The maximum absolute atomic E-state index is 5.28. The summed E-state index contributed by atoms with van der Waals surface area (Å²) in [6.45, 7) is 16.8. The Bertz CT molecular complexity index is 1180. The molecule has 0 spiro atoms. The lowest BCUT2D eigenvalue weighted by atomic mass is 10.0. The molecule has 3 aromatic carbocycles. The van der Waals surface area contributed by atoms with Crippen molar-refractivity contribution in [2.75, 3.05) is 12.7 Å². The van der Waals surface area contributed by atoms with Crippen molar-refractivity contribution in [3.05, 3.63) is 76.3 Å². The number of nitrogens with zero attached hydrogens (tertiary/aromatic N) is 2. The average molecular weight is 443 g/mol. The Morgan fingerprint density at radius 3 is 1.91 bits per heavy atom. The fourth-order valence-electron chi connectivity index (χ4n) is 5.11. The van der Waals surface area contributed by atoms with Crippen molar-refractivity contribution in [2.45, 2.75) is 59.8 Å². The minimum atomic E-state index is -0.0250. The molecular formula is C29H35N2P. The summed E-state index contributed by atoms with van der Waals surface area (Å²) >= 11 is 0. The van der Waals surface area contributed by atoms with Crippen molar-refractivity contribution in [1.82, 2.24) is 0 Å². The molecule has 0 heterocycles. The summed E-state index contributed by atoms with van der Waals surface area (Å²) in [4.78, 5) is 10.5. The topological polar surface area (TPSA) is 24.7 Å². The SMILES string of the molecule is Cc1cc(C)c(N=C2C(=NCCP(C(C)C)C(C)C)c3cccc4cccc2c34)c(C)c1. The first-order chi connectivity index (χ1) is 15.3. The van der Waals surface area contributed by atoms with Crippen LogP contribution in [0.4, 0.5) is 5.69 Å². The minimum absolute atomic E-state index is 0.0250. The van der Waals surface area contributed by atoms with Crippen LogP contribution >= 0.6 is 7.92 Å². The molecular weight excluding hydrogens is 407 g/mol. The van der Waals surface area contributed by atoms with Crippen molar-refractivity contribution in [3.63, 3.8) is 0 Å². The number of rotatable bonds is 6. The molecule has 0 saturated heterocycles. The molecule has 0 aliphatic heterocycles. The number of hydrogen-bond donors (Lipinski definition) is 0. The fraction of sp³-hybridized carbons (Fsp3) is 0.379. The van der Waals surface area contributed by atoms with Gasteiger partial charge in [0.2, 0.25) is 0 Å². The first-order valence-corrected chi connectivity index (χ1v) is 13.4. The Balaban J connectivity index is 1.83. The minimum Gasteiger partial charge on any atom is -0.282 e. The molecule has 1 aliphatic carbocycles. The first-order valence-electron chi connectivity index (χ1n) is 11.8. The van der Waals surface area contributed by atoms with Gasteiger partial charge in [-0.05, 0) is 54.8 Å². The second kappa shape index (κ2) is 9.28. The largest absolute Gasteiger partial charge is 0.282 e. The van der Waals surface area contributed by atoms with Gasteiger partial charge in [-0.25, -0.2) is 4.99 Å². The molecule has 3 heteroatoms. The molecule has 32 heavy (non-hydrogen) atoms. The van der Waals surface area contributed by atoms with Crippen molar-refractivity contribution < 1.29 is 0 Å². The van der Waals surface area contributed by atoms with Gasteiger partial charge in [0.15, 0.2) is 0 Å². The van der Waals surface area contributed by atoms with Crippen LogP contribution in [0.15, 0.2) is 58.5 Å². The second-order valence-electron chi connectivity index (χ2n) is 9.57. The maximum Gasteiger partial charge on any atom is 0.0974 e. The van der Waals surface area contributed by atoms with Crippen LogP contribution in [0.1, 0.15) is 55.5 Å². The molecule has 3 aromatic rings. The molecule has 1 aliphatic rings. The summed E-state index contributed by atoms with van der Waals surface area (Å²) in [7, 11) is -0.0250. The lowest BCUT2D eigenvalue weighted by Crippen LogP contribution is -2.14. The van der Waals surface area contributed by atoms with Crippen molar-refractivity contribution in [2.24, 2.45) is 9.98 Å². The van der Waals surface area contributed by atoms with Gasteiger partial charge in [-0.2, -0.15) is 0 Å². The highest BCUT2D eigenvalue weighted by molar-refractivity contribution is 7.59. The number of benzene rings is 3. The lowest BCUT2D eigenvalue weighted by molar-refractivity contribution is 0.984. The van der Waals surface area contributed by atoms with Gasteiger partial charge in [0.1, 0.15) is 0 Å². The summed E-state index contributed by atoms with van der Waals surface area (Å²) in [5.41, 5.74) is 10.8. The fourth-order valence-corrected chi connectivity index (χ4v) is 7.67. The Morgan fingerprint density at radius 1 is 0.781 bits per heavy atom. The van der Waals surface area contributed by atoms with Crippen molar-refractivity contribution >= 4 is 35.8 Å². The van der Waals surface area contributed by atoms with Crippen molar-refractivity contribution in [3.8, 4) is 0 Å². The molecule has 2 nitrogen and oxygen atoms in total. The Morgan fingerprint density at radius 2 is 1.34 bits per heavy atom. The Labute approximate surface area is 194 Å². The van der Waals surface area contributed by atoms with Crippen LogP contribution in [0.2, 0.25) is 0 Å². The molecule has 4 rings (SSSR count). The van der Waals surface area contributed by atoms with E-state index in [9.17, 15) is 0 Å². The summed E-state index contributed by atoms with van der Waals surface area (Å²) in [6, 6.07) is 17.6. The maximum atomic E-state index is 5.28. The van der Waals surface area contributed by atoms with E-state index in [1.165, 1.54) is 44.8 Å². The van der Waals surface area contributed by atoms with Gasteiger partial charge in [0, 0.05) is 23.1 Å². The third kappa shape index (κ3) is 4.30. The normalized spacial score (nSPS) is 15.9. The highest BCUT2D eigenvalue weighted by atomic mass is 31.1. The van der Waals surface area contributed by atoms with Crippen LogP contribution in [0.25, 0.3) is 10.8 Å². The predicted molar refractivity (Wildman–Crippen MR) is 144 cm³/mol. The van der Waals surface area contributed by atoms with Crippen LogP contribution in [0.3, 0.4) is 0 Å². The Kier molecular flexibility index (Phi) is 6.63. The highest BCUT2D eigenvalue weighted by Crippen LogP contribution is 2.45. The summed E-state index contributed by atoms with van der Waals surface area (Å²) in [6.07, 6.45) is 1.18. The van der Waals surface area contributed by atoms with Gasteiger partial charge in [0.05, 0.1) is 17.1 Å². The van der Waals surface area contributed by atoms with Crippen LogP contribution in [0.5, 0.6) is 0 Å². The summed E-state index contributed by atoms with van der Waals surface area (Å²) in [5.74, 6) is 0. The molecule has 0 fully saturated rings. The quantitative estimate of drug-likeness (QED) is 0.346. The number of aliphatic imine (C=N–C) groups is 2. The van der Waals surface area contributed by atoms with Crippen LogP contribution < -0.4 is 0 Å². The molecule has 0 unspecified atom stereocenters. The van der Waals surface area contributed by atoms with E-state index in [0.717, 1.165) is 35.0 Å². The average Bonchev–Trinajstić information content (AvgIpc) is 3.02. The van der Waals surface area contributed by atoms with Gasteiger partial charge < -0.3 is 0 Å². The zero-order valence-corrected chi connectivity index (χ0v) is 21.4. The zero-order chi connectivity index (χ0) is 23.0. The van der Waals surface area contributed by atoms with E-state index in [0.29, 0.717) is 0 Å². The molecule has 0 amide bonds. The third-order valence-electron chi connectivity index (χ3n) is 6.45. The van der Waals surface area contributed by atoms with E-state index < -0.39 is 0 Å². The second-order valence-corrected chi connectivity index (χ2v) is 13.1. The van der Waals surface area contributed by atoms with E-state index in [1.54, 1.807) is 0 Å². The highest BCUT2D eigenvalue weighted by Gasteiger charge is 2.27. The number of aryl methyl sites for hydroxylation is 3. The van der Waals surface area contributed by atoms with E-state index in [1.807, 2.05) is 0 Å². The van der Waals surface area contributed by atoms with Gasteiger partial charge in [0.25, 0.3) is 0 Å². The van der Waals surface area contributed by atoms with Crippen LogP contribution in [-0.4, -0.2) is 35.4 Å². The van der Waals surface area contributed by atoms with Gasteiger partial charge >= 0.3 is 0 Å². The van der Waals surface area contributed by atoms with Gasteiger partial charge in [-0.3, -0.25) is 4.99 Å². The monoisotopic (exact) mass is 442 g/mol. The van der Waals surface area contributed by atoms with Crippen molar-refractivity contribution in [1.29, 1.82) is 0 Å². The summed E-state index contributed by atoms with van der Waals surface area (Å²) < 4.78 is 0. The van der Waals surface area contributed by atoms with E-state index in [2.05, 4.69) is 97.0 Å². The smallest absolute Gasteiger partial charge is 0.0974 e. The predicted octanol–water partition coefficient (Wildman–Crippen LogP) is 7.99. The summed E-state index contributed by atoms with van der Waals surface area (Å²) in [5, 5.41) is 2.56. The van der Waals surface area contributed by atoms with Crippen LogP contribution in [0, 0.1) is 20.8 Å². The number of hydrogen-bond acceptors (Lipinski definition) is 2. The molecule has 0 radical (unpaired) electrons. The van der Waals surface area contributed by atoms with E-state index in [-0.39, 0.29) is 7.92 Å². The molecule has 0 saturated carbocycles. The third-order valence-corrected chi connectivity index (χ3v) is 9.82. The lowest BCUT2D eigenvalue weighted by Gasteiger charge is -2.25. The van der Waals surface area contributed by atoms with Crippen LogP contribution in [-0.2, 0) is 0 Å². The molecule has 0 atom stereocenters. The Hall–Kier alpha value is -2.31. The van der Waals surface area contributed by atoms with Gasteiger partial charge in [-0.15, -0.1) is 0 Å².